The van der Waals surface area contributed by atoms with Crippen LogP contribution in [0, 0.1) is 0 Å². The van der Waals surface area contributed by atoms with Crippen LogP contribution in [0.15, 0.2) is 40.0 Å². The topological polar surface area (TPSA) is 29.1 Å². The molecular weight excluding hydrogens is 570 g/mol. The fraction of sp³-hybridized carbons (Fsp3) is 0.471. The van der Waals surface area contributed by atoms with Crippen molar-refractivity contribution in [3.8, 4) is 0 Å². The Bertz CT molecular complexity index is 790. The number of hydrogen-bond acceptors (Lipinski definition) is 1. The second kappa shape index (κ2) is 9.48. The minimum absolute atomic E-state index is 0.224. The maximum Gasteiger partial charge on any atom is 0.460 e. The molecular formula is C17H13F11INO. The van der Waals surface area contributed by atoms with E-state index in [2.05, 4.69) is 5.32 Å². The lowest BCUT2D eigenvalue weighted by atomic mass is 9.90. The van der Waals surface area contributed by atoms with Crippen LogP contribution in [0.4, 0.5) is 48.3 Å². The molecule has 1 N–H and O–H groups in total. The van der Waals surface area contributed by atoms with Gasteiger partial charge in [0.2, 0.25) is 0 Å². The maximum atomic E-state index is 14.2. The second-order valence-electron chi connectivity index (χ2n) is 6.17. The summed E-state index contributed by atoms with van der Waals surface area (Å²) in [5.41, 5.74) is -6.08. The third kappa shape index (κ3) is 5.80. The first-order valence-electron chi connectivity index (χ1n) is 8.17. The number of halogens is 12. The van der Waals surface area contributed by atoms with Crippen LogP contribution in [0.3, 0.4) is 0 Å². The fourth-order valence-corrected chi connectivity index (χ4v) is 3.01. The summed E-state index contributed by atoms with van der Waals surface area (Å²) in [6, 6.07) is 7.56. The monoisotopic (exact) mass is 583 g/mol. The average molecular weight is 583 g/mol. The average Bonchev–Trinajstić information content (AvgIpc) is 2.63. The molecule has 0 aliphatic rings. The minimum atomic E-state index is -7.30. The van der Waals surface area contributed by atoms with Crippen molar-refractivity contribution in [2.45, 2.75) is 42.7 Å². The third-order valence-corrected chi connectivity index (χ3v) is 4.74. The van der Waals surface area contributed by atoms with Gasteiger partial charge in [0, 0.05) is 12.1 Å². The molecule has 0 radical (unpaired) electrons. The predicted molar refractivity (Wildman–Crippen MR) is 96.0 cm³/mol. The van der Waals surface area contributed by atoms with Gasteiger partial charge in [-0.15, -0.1) is 0 Å². The van der Waals surface area contributed by atoms with Gasteiger partial charge in [-0.25, -0.2) is 4.39 Å². The molecule has 176 valence electrons. The molecule has 0 heterocycles. The number of amides is 1. The van der Waals surface area contributed by atoms with Gasteiger partial charge in [-0.1, -0.05) is 18.2 Å². The number of rotatable bonds is 8. The van der Waals surface area contributed by atoms with Gasteiger partial charge in [0.15, 0.2) is 0 Å². The van der Waals surface area contributed by atoms with Gasteiger partial charge in [-0.3, -0.25) is 4.79 Å². The first-order valence-corrected chi connectivity index (χ1v) is 9.25. The summed E-state index contributed by atoms with van der Waals surface area (Å²) in [7, 11) is 0. The number of carbonyl (C=O) groups excluding carboxylic acids is 1. The number of nitrogens with one attached hydrogen (secondary N) is 1. The van der Waals surface area contributed by atoms with Crippen LogP contribution in [0.1, 0.15) is 23.2 Å². The number of hydrogen-bond donors (Lipinski definition) is 1. The van der Waals surface area contributed by atoms with Gasteiger partial charge in [0.25, 0.3) is 11.6 Å². The van der Waals surface area contributed by atoms with E-state index < -0.39 is 51.9 Å². The van der Waals surface area contributed by atoms with E-state index in [1.165, 1.54) is 24.3 Å². The normalized spacial score (nSPS) is 16.1. The van der Waals surface area contributed by atoms with E-state index in [1.807, 2.05) is 0 Å². The van der Waals surface area contributed by atoms with Crippen molar-refractivity contribution < 1.29 is 53.1 Å². The van der Waals surface area contributed by atoms with Crippen molar-refractivity contribution in [2.24, 2.45) is 0 Å². The second-order valence-corrected chi connectivity index (χ2v) is 7.56. The lowest BCUT2D eigenvalue weighted by Crippen LogP contribution is -2.66. The molecule has 1 aromatic carbocycles. The van der Waals surface area contributed by atoms with Crippen LogP contribution in [-0.2, 0) is 0 Å². The van der Waals surface area contributed by atoms with Crippen LogP contribution >= 0.6 is 22.6 Å². The molecule has 14 heteroatoms. The zero-order valence-electron chi connectivity index (χ0n) is 15.0. The van der Waals surface area contributed by atoms with Gasteiger partial charge in [-0.2, -0.15) is 43.9 Å². The molecule has 0 saturated carbocycles. The van der Waals surface area contributed by atoms with Crippen molar-refractivity contribution in [2.75, 3.05) is 6.54 Å². The molecule has 0 aliphatic carbocycles. The molecule has 0 fully saturated rings. The highest BCUT2D eigenvalue weighted by atomic mass is 127. The summed E-state index contributed by atoms with van der Waals surface area (Å²) < 4.78 is 142. The maximum absolute atomic E-state index is 14.2. The summed E-state index contributed by atoms with van der Waals surface area (Å²) in [6.07, 6.45) is -15.8. The molecule has 31 heavy (non-hydrogen) atoms. The van der Waals surface area contributed by atoms with E-state index in [0.29, 0.717) is 0 Å². The van der Waals surface area contributed by atoms with Crippen molar-refractivity contribution >= 4 is 28.5 Å². The molecule has 0 aromatic heterocycles. The highest BCUT2D eigenvalue weighted by Crippen LogP contribution is 2.58. The molecule has 1 atom stereocenters. The van der Waals surface area contributed by atoms with Crippen molar-refractivity contribution in [1.82, 2.24) is 5.32 Å². The molecule has 1 amide bonds. The van der Waals surface area contributed by atoms with E-state index in [0.717, 1.165) is 22.6 Å². The van der Waals surface area contributed by atoms with Gasteiger partial charge in [0.05, 0.1) is 0 Å². The van der Waals surface area contributed by atoms with Gasteiger partial charge in [0.1, 0.15) is 0 Å². The summed E-state index contributed by atoms with van der Waals surface area (Å²) in [6.45, 7) is -0.228. The number of carbonyl (C=O) groups is 1. The van der Waals surface area contributed by atoms with E-state index in [1.54, 1.807) is 6.07 Å². The lowest BCUT2D eigenvalue weighted by molar-refractivity contribution is -0.402. The summed E-state index contributed by atoms with van der Waals surface area (Å²) in [5, 5.41) is 2.32. The summed E-state index contributed by atoms with van der Waals surface area (Å²) >= 11 is 0.913. The van der Waals surface area contributed by atoms with Crippen LogP contribution < -0.4 is 5.32 Å². The molecule has 0 saturated heterocycles. The Morgan fingerprint density at radius 1 is 0.839 bits per heavy atom. The highest BCUT2D eigenvalue weighted by Gasteiger charge is 2.85. The number of allylic oxidation sites excluding steroid dienone is 2. The van der Waals surface area contributed by atoms with Crippen molar-refractivity contribution in [3.05, 3.63) is 45.6 Å². The Kier molecular flexibility index (Phi) is 8.39. The largest absolute Gasteiger partial charge is 0.460 e. The van der Waals surface area contributed by atoms with Crippen LogP contribution in [0.5, 0.6) is 0 Å². The minimum Gasteiger partial charge on any atom is -0.352 e. The first kappa shape index (κ1) is 27.4. The highest BCUT2D eigenvalue weighted by molar-refractivity contribution is 14.1. The third-order valence-electron chi connectivity index (χ3n) is 3.89. The Morgan fingerprint density at radius 2 is 1.35 bits per heavy atom. The molecule has 1 aromatic rings. The van der Waals surface area contributed by atoms with Crippen LogP contribution in [-0.4, -0.2) is 42.3 Å². The van der Waals surface area contributed by atoms with E-state index in [4.69, 9.17) is 0 Å². The number of alkyl halides is 11. The zero-order valence-corrected chi connectivity index (χ0v) is 17.2. The van der Waals surface area contributed by atoms with E-state index in [9.17, 15) is 53.1 Å². The SMILES string of the molecule is O=C(NCCCC(I)=CC(F)(C(F)(F)F)C(F)(F)C(F)(F)C(F)(F)F)c1ccccc1. The fourth-order valence-electron chi connectivity index (χ4n) is 2.20. The predicted octanol–water partition coefficient (Wildman–Crippen LogP) is 6.62. The molecule has 0 spiro atoms. The summed E-state index contributed by atoms with van der Waals surface area (Å²) in [5.74, 6) is -15.1. The van der Waals surface area contributed by atoms with Crippen molar-refractivity contribution in [1.29, 1.82) is 0 Å². The Hall–Kier alpha value is -1.61. The quantitative estimate of drug-likeness (QED) is 0.208. The van der Waals surface area contributed by atoms with Crippen molar-refractivity contribution in [3.63, 3.8) is 0 Å². The lowest BCUT2D eigenvalue weighted by Gasteiger charge is -2.37. The van der Waals surface area contributed by atoms with Gasteiger partial charge in [-0.05, 0) is 57.2 Å². The van der Waals surface area contributed by atoms with E-state index in [-0.39, 0.29) is 18.5 Å². The molecule has 2 nitrogen and oxygen atoms in total. The van der Waals surface area contributed by atoms with Crippen LogP contribution in [0.2, 0.25) is 0 Å². The molecule has 0 aliphatic heterocycles. The Morgan fingerprint density at radius 3 is 1.81 bits per heavy atom. The van der Waals surface area contributed by atoms with Crippen LogP contribution in [0.25, 0.3) is 0 Å². The Balaban J connectivity index is 2.99. The molecule has 1 rings (SSSR count). The van der Waals surface area contributed by atoms with E-state index >= 15 is 0 Å². The first-order chi connectivity index (χ1) is 13.9. The molecule has 0 bridgehead atoms. The van der Waals surface area contributed by atoms with Gasteiger partial charge < -0.3 is 5.32 Å². The number of benzene rings is 1. The zero-order chi connectivity index (χ0) is 24.3. The summed E-state index contributed by atoms with van der Waals surface area (Å²) in [4.78, 5) is 11.8. The smallest absolute Gasteiger partial charge is 0.352 e. The van der Waals surface area contributed by atoms with Gasteiger partial charge >= 0.3 is 24.2 Å². The molecule has 1 unspecified atom stereocenters. The Labute approximate surface area is 182 Å². The standard InChI is InChI=1S/C17H13F11INO/c18-13(16(23,24)25,14(19,20)15(21,22)17(26,27)28)9-11(29)7-4-8-30-12(31)10-5-2-1-3-6-10/h1-3,5-6,9H,4,7-8H2,(H,30,31).